The summed E-state index contributed by atoms with van der Waals surface area (Å²) in [4.78, 5) is 10.0. The topological polar surface area (TPSA) is 37.3 Å². The van der Waals surface area contributed by atoms with Crippen LogP contribution in [0.1, 0.15) is 40.0 Å². The Kier molecular flexibility index (Phi) is 6.27. The molecular formula is C11H19O2Zn. The number of carbonyl (C=O) groups is 1. The third-order valence-corrected chi connectivity index (χ3v) is 3.42. The fourth-order valence-corrected chi connectivity index (χ4v) is 1.89. The molecule has 1 aliphatic carbocycles. The van der Waals surface area contributed by atoms with Crippen molar-refractivity contribution in [2.24, 2.45) is 5.41 Å². The van der Waals surface area contributed by atoms with E-state index in [0.717, 1.165) is 4.51 Å². The second-order valence-corrected chi connectivity index (χ2v) is 6.87. The number of carboxylic acids is 1. The molecule has 3 heteroatoms. The van der Waals surface area contributed by atoms with Gasteiger partial charge in [-0.05, 0) is 20.8 Å². The van der Waals surface area contributed by atoms with Crippen LogP contribution in [0.25, 0.3) is 0 Å². The first-order valence-corrected chi connectivity index (χ1v) is 6.78. The van der Waals surface area contributed by atoms with Crippen LogP contribution in [-0.2, 0) is 23.1 Å². The monoisotopic (exact) mass is 247 g/mol. The Labute approximate surface area is 96.5 Å². The van der Waals surface area contributed by atoms with E-state index in [1.165, 1.54) is 37.6 Å². The average Bonchev–Trinajstić information content (AvgIpc) is 2.04. The molecular weight excluding hydrogens is 230 g/mol. The van der Waals surface area contributed by atoms with Gasteiger partial charge in [-0.1, -0.05) is 0 Å². The second kappa shape index (κ2) is 6.34. The van der Waals surface area contributed by atoms with Gasteiger partial charge in [0.15, 0.2) is 0 Å². The van der Waals surface area contributed by atoms with Crippen molar-refractivity contribution >= 4 is 5.97 Å². The molecule has 0 saturated heterocycles. The number of carboxylic acid groups (broad SMARTS) is 1. The van der Waals surface area contributed by atoms with Crippen LogP contribution in [0.2, 0.25) is 4.51 Å². The maximum atomic E-state index is 10.0. The Hall–Kier alpha value is -0.167. The zero-order valence-electron chi connectivity index (χ0n) is 9.42. The van der Waals surface area contributed by atoms with Crippen molar-refractivity contribution in [2.75, 3.05) is 0 Å². The van der Waals surface area contributed by atoms with Crippen molar-refractivity contribution in [3.8, 4) is 0 Å². The number of hydrogen-bond donors (Lipinski definition) is 1. The minimum absolute atomic E-state index is 0.583. The third-order valence-electron chi connectivity index (χ3n) is 2.00. The van der Waals surface area contributed by atoms with Crippen LogP contribution in [0.5, 0.6) is 0 Å². The molecule has 0 heterocycles. The molecule has 0 aromatic heterocycles. The van der Waals surface area contributed by atoms with Crippen molar-refractivity contribution in [1.82, 2.24) is 0 Å². The van der Waals surface area contributed by atoms with Gasteiger partial charge in [0.2, 0.25) is 0 Å². The standard InChI is InChI=1S/C6H9.C5H10O2.Zn/c1-2-4-6-5-3-1;1-5(2,3)4(6)7;/h1-3H,4-6H2;1-3H3,(H,6,7);. The Morgan fingerprint density at radius 1 is 1.50 bits per heavy atom. The molecule has 0 aromatic carbocycles. The normalized spacial score (nSPS) is 21.1. The zero-order valence-corrected chi connectivity index (χ0v) is 12.4. The summed E-state index contributed by atoms with van der Waals surface area (Å²) in [6.07, 6.45) is 8.90. The Balaban J connectivity index is 0.000000241. The Bertz CT molecular complexity index is 204. The van der Waals surface area contributed by atoms with Crippen LogP contribution in [0.3, 0.4) is 0 Å². The zero-order chi connectivity index (χ0) is 11.2. The first-order valence-electron chi connectivity index (χ1n) is 5.07. The third kappa shape index (κ3) is 7.26. The van der Waals surface area contributed by atoms with Crippen molar-refractivity contribution in [2.45, 2.75) is 44.5 Å². The molecule has 1 N–H and O–H groups in total. The molecule has 0 amide bonds. The van der Waals surface area contributed by atoms with Gasteiger partial charge in [0.25, 0.3) is 0 Å². The molecule has 1 unspecified atom stereocenters. The van der Waals surface area contributed by atoms with Crippen molar-refractivity contribution in [3.63, 3.8) is 0 Å². The predicted molar refractivity (Wildman–Crippen MR) is 53.8 cm³/mol. The summed E-state index contributed by atoms with van der Waals surface area (Å²) in [6.45, 7) is 4.99. The molecule has 1 aliphatic rings. The van der Waals surface area contributed by atoms with E-state index in [4.69, 9.17) is 5.11 Å². The van der Waals surface area contributed by atoms with Crippen molar-refractivity contribution < 1.29 is 28.2 Å². The van der Waals surface area contributed by atoms with Gasteiger partial charge in [-0.2, -0.15) is 0 Å². The van der Waals surface area contributed by atoms with E-state index >= 15 is 0 Å². The molecule has 1 rings (SSSR count). The Morgan fingerprint density at radius 2 is 2.00 bits per heavy atom. The fourth-order valence-electron chi connectivity index (χ4n) is 0.883. The first-order chi connectivity index (χ1) is 6.34. The van der Waals surface area contributed by atoms with Gasteiger partial charge in [-0.25, -0.2) is 0 Å². The number of rotatable bonds is 0. The van der Waals surface area contributed by atoms with E-state index in [2.05, 4.69) is 12.2 Å². The molecule has 0 aromatic rings. The SMILES string of the molecule is CC(C)(C)C(=O)O.[Zn][CH]1C=CCCC1. The van der Waals surface area contributed by atoms with E-state index in [1.54, 1.807) is 20.8 Å². The molecule has 1 atom stereocenters. The molecule has 2 nitrogen and oxygen atoms in total. The summed E-state index contributed by atoms with van der Waals surface area (Å²) in [5.74, 6) is -0.757. The summed E-state index contributed by atoms with van der Waals surface area (Å²) in [6, 6.07) is 0. The van der Waals surface area contributed by atoms with Crippen molar-refractivity contribution in [1.29, 1.82) is 0 Å². The molecule has 14 heavy (non-hydrogen) atoms. The van der Waals surface area contributed by atoms with Gasteiger partial charge in [0.1, 0.15) is 0 Å². The molecule has 0 bridgehead atoms. The van der Waals surface area contributed by atoms with Crippen LogP contribution >= 0.6 is 0 Å². The summed E-state index contributed by atoms with van der Waals surface area (Å²) in [7, 11) is 0. The number of aliphatic carboxylic acids is 1. The number of allylic oxidation sites excluding steroid dienone is 2. The van der Waals surface area contributed by atoms with Crippen LogP contribution < -0.4 is 0 Å². The molecule has 0 spiro atoms. The van der Waals surface area contributed by atoms with Crippen LogP contribution in [0.4, 0.5) is 0 Å². The summed E-state index contributed by atoms with van der Waals surface area (Å²) in [5.41, 5.74) is -0.583. The van der Waals surface area contributed by atoms with Gasteiger partial charge in [-0.15, -0.1) is 0 Å². The van der Waals surface area contributed by atoms with E-state index in [1.807, 2.05) is 0 Å². The van der Waals surface area contributed by atoms with E-state index in [9.17, 15) is 4.79 Å². The fraction of sp³-hybridized carbons (Fsp3) is 0.727. The summed E-state index contributed by atoms with van der Waals surface area (Å²) < 4.78 is 0.980. The van der Waals surface area contributed by atoms with Gasteiger partial charge in [0.05, 0.1) is 5.41 Å². The molecule has 0 saturated carbocycles. The minimum atomic E-state index is -0.757. The average molecular weight is 249 g/mol. The van der Waals surface area contributed by atoms with Crippen LogP contribution in [-0.4, -0.2) is 11.1 Å². The first kappa shape index (κ1) is 13.8. The second-order valence-electron chi connectivity index (χ2n) is 4.67. The van der Waals surface area contributed by atoms with Gasteiger partial charge in [-0.3, -0.25) is 4.79 Å². The van der Waals surface area contributed by atoms with Gasteiger partial charge in [0, 0.05) is 0 Å². The quantitative estimate of drug-likeness (QED) is 0.528. The molecule has 0 aliphatic heterocycles. The van der Waals surface area contributed by atoms with E-state index in [0.29, 0.717) is 0 Å². The van der Waals surface area contributed by atoms with Crippen molar-refractivity contribution in [3.05, 3.63) is 12.2 Å². The van der Waals surface area contributed by atoms with Crippen LogP contribution in [0, 0.1) is 5.41 Å². The van der Waals surface area contributed by atoms with E-state index in [-0.39, 0.29) is 0 Å². The van der Waals surface area contributed by atoms with Gasteiger partial charge >= 0.3 is 60.2 Å². The van der Waals surface area contributed by atoms with E-state index < -0.39 is 11.4 Å². The van der Waals surface area contributed by atoms with Crippen LogP contribution in [0.15, 0.2) is 12.2 Å². The summed E-state index contributed by atoms with van der Waals surface area (Å²) >= 11 is 1.45. The molecule has 0 radical (unpaired) electrons. The predicted octanol–water partition coefficient (Wildman–Crippen LogP) is 3.18. The number of hydrogen-bond acceptors (Lipinski definition) is 1. The summed E-state index contributed by atoms with van der Waals surface area (Å²) in [5, 5.41) is 8.25. The van der Waals surface area contributed by atoms with Gasteiger partial charge < -0.3 is 5.11 Å². The Morgan fingerprint density at radius 3 is 2.14 bits per heavy atom. The maximum absolute atomic E-state index is 10.0. The molecule has 77 valence electrons. The molecule has 0 fully saturated rings.